The topological polar surface area (TPSA) is 32.7 Å². The van der Waals surface area contributed by atoms with Crippen LogP contribution in [0.2, 0.25) is 10.0 Å². The van der Waals surface area contributed by atoms with Gasteiger partial charge >= 0.3 is 0 Å². The summed E-state index contributed by atoms with van der Waals surface area (Å²) in [5, 5.41) is 6.88. The maximum atomic E-state index is 11.8. The Morgan fingerprint density at radius 1 is 1.35 bits per heavy atom. The zero-order valence-electron chi connectivity index (χ0n) is 11.4. The Kier molecular flexibility index (Phi) is 4.78. The highest BCUT2D eigenvalue weighted by molar-refractivity contribution is 8.00. The van der Waals surface area contributed by atoms with E-state index in [2.05, 4.69) is 5.10 Å². The number of likely N-dealkylation sites (N-methyl/N-ethyl adjacent to an activating group) is 1. The van der Waals surface area contributed by atoms with Crippen molar-refractivity contribution in [1.82, 2.24) is 5.01 Å². The number of allylic oxidation sites excluding steroid dienone is 1. The predicted molar refractivity (Wildman–Crippen MR) is 85.9 cm³/mol. The molecule has 106 valence electrons. The fraction of sp³-hybridized carbons (Fsp3) is 0.286. The molecule has 0 radical (unpaired) electrons. The van der Waals surface area contributed by atoms with E-state index < -0.39 is 0 Å². The Hall–Kier alpha value is -0.970. The smallest absolute Gasteiger partial charge is 0.267 e. The maximum Gasteiger partial charge on any atom is 0.275 e. The Balaban J connectivity index is 2.16. The van der Waals surface area contributed by atoms with E-state index in [4.69, 9.17) is 23.2 Å². The summed E-state index contributed by atoms with van der Waals surface area (Å²) in [5.41, 5.74) is 2.40. The van der Waals surface area contributed by atoms with E-state index in [9.17, 15) is 4.79 Å². The van der Waals surface area contributed by atoms with Crippen molar-refractivity contribution in [2.24, 2.45) is 5.10 Å². The molecule has 1 aliphatic rings. The summed E-state index contributed by atoms with van der Waals surface area (Å²) < 4.78 is 0. The minimum atomic E-state index is -0.0681. The molecule has 6 heteroatoms. The molecule has 1 heterocycles. The molecule has 2 rings (SSSR count). The van der Waals surface area contributed by atoms with Crippen LogP contribution in [0, 0.1) is 6.92 Å². The van der Waals surface area contributed by atoms with Gasteiger partial charge in [-0.25, -0.2) is 5.01 Å². The molecule has 1 aromatic carbocycles. The third kappa shape index (κ3) is 3.03. The standard InChI is InChI=1S/C14H14Cl2N2OS/c1-4-9-12(17-18(3)14(9)19)7-20-13-5-8(2)10(15)6-11(13)16/h4-6H,7H2,1-3H3/b9-4+. The number of hydrazone groups is 1. The van der Waals surface area contributed by atoms with E-state index in [1.165, 1.54) is 5.01 Å². The minimum Gasteiger partial charge on any atom is -0.267 e. The highest BCUT2D eigenvalue weighted by Crippen LogP contribution is 2.33. The SMILES string of the molecule is C/C=C1/C(=O)N(C)N=C1CSc1cc(C)c(Cl)cc1Cl. The predicted octanol–water partition coefficient (Wildman–Crippen LogP) is 4.17. The molecule has 0 bridgehead atoms. The number of thioether (sulfide) groups is 1. The number of nitrogens with zero attached hydrogens (tertiary/aromatic N) is 2. The van der Waals surface area contributed by atoms with Crippen molar-refractivity contribution in [3.8, 4) is 0 Å². The Morgan fingerprint density at radius 3 is 2.70 bits per heavy atom. The zero-order chi connectivity index (χ0) is 14.9. The van der Waals surface area contributed by atoms with Gasteiger partial charge < -0.3 is 0 Å². The van der Waals surface area contributed by atoms with Crippen LogP contribution in [0.4, 0.5) is 0 Å². The van der Waals surface area contributed by atoms with Gasteiger partial charge in [0.1, 0.15) is 0 Å². The number of carbonyl (C=O) groups is 1. The fourth-order valence-electron chi connectivity index (χ4n) is 1.86. The average molecular weight is 329 g/mol. The normalized spacial score (nSPS) is 17.1. The highest BCUT2D eigenvalue weighted by Gasteiger charge is 2.26. The Bertz CT molecular complexity index is 626. The minimum absolute atomic E-state index is 0.0681. The second kappa shape index (κ2) is 6.20. The molecule has 20 heavy (non-hydrogen) atoms. The van der Waals surface area contributed by atoms with Crippen LogP contribution in [0.3, 0.4) is 0 Å². The van der Waals surface area contributed by atoms with Gasteiger partial charge in [0.2, 0.25) is 0 Å². The van der Waals surface area contributed by atoms with Crippen LogP contribution in [0.25, 0.3) is 0 Å². The molecule has 0 aromatic heterocycles. The monoisotopic (exact) mass is 328 g/mol. The van der Waals surface area contributed by atoms with Gasteiger partial charge in [-0.15, -0.1) is 11.8 Å². The second-order valence-electron chi connectivity index (χ2n) is 4.40. The molecule has 0 aliphatic carbocycles. The maximum absolute atomic E-state index is 11.8. The van der Waals surface area contributed by atoms with E-state index in [0.717, 1.165) is 16.2 Å². The molecule has 0 saturated carbocycles. The summed E-state index contributed by atoms with van der Waals surface area (Å²) >= 11 is 13.7. The zero-order valence-corrected chi connectivity index (χ0v) is 13.7. The lowest BCUT2D eigenvalue weighted by Gasteiger charge is -2.07. The first-order valence-electron chi connectivity index (χ1n) is 6.04. The number of aryl methyl sites for hydroxylation is 1. The summed E-state index contributed by atoms with van der Waals surface area (Å²) in [6.45, 7) is 3.77. The largest absolute Gasteiger partial charge is 0.275 e. The number of halogens is 2. The van der Waals surface area contributed by atoms with E-state index in [0.29, 0.717) is 21.4 Å². The van der Waals surface area contributed by atoms with E-state index in [-0.39, 0.29) is 5.91 Å². The third-order valence-electron chi connectivity index (χ3n) is 2.97. The van der Waals surface area contributed by atoms with Gasteiger partial charge in [0.25, 0.3) is 5.91 Å². The molecular formula is C14H14Cl2N2OS. The lowest BCUT2D eigenvalue weighted by Crippen LogP contribution is -2.17. The van der Waals surface area contributed by atoms with Gasteiger partial charge in [-0.3, -0.25) is 4.79 Å². The number of benzene rings is 1. The number of carbonyl (C=O) groups excluding carboxylic acids is 1. The summed E-state index contributed by atoms with van der Waals surface area (Å²) in [4.78, 5) is 12.8. The van der Waals surface area contributed by atoms with Crippen molar-refractivity contribution >= 4 is 46.6 Å². The van der Waals surface area contributed by atoms with Crippen molar-refractivity contribution in [3.05, 3.63) is 39.4 Å². The number of hydrogen-bond donors (Lipinski definition) is 0. The van der Waals surface area contributed by atoms with Gasteiger partial charge in [-0.1, -0.05) is 29.3 Å². The Morgan fingerprint density at radius 2 is 2.05 bits per heavy atom. The van der Waals surface area contributed by atoms with Crippen molar-refractivity contribution in [1.29, 1.82) is 0 Å². The molecule has 1 aromatic rings. The van der Waals surface area contributed by atoms with Crippen molar-refractivity contribution in [2.45, 2.75) is 18.7 Å². The van der Waals surface area contributed by atoms with Crippen LogP contribution in [-0.2, 0) is 4.79 Å². The van der Waals surface area contributed by atoms with Gasteiger partial charge in [0.15, 0.2) is 0 Å². The molecule has 0 spiro atoms. The van der Waals surface area contributed by atoms with E-state index >= 15 is 0 Å². The van der Waals surface area contributed by atoms with E-state index in [1.54, 1.807) is 31.0 Å². The van der Waals surface area contributed by atoms with Crippen molar-refractivity contribution in [2.75, 3.05) is 12.8 Å². The first kappa shape index (κ1) is 15.4. The molecule has 0 N–H and O–H groups in total. The number of hydrogen-bond acceptors (Lipinski definition) is 3. The van der Waals surface area contributed by atoms with Crippen LogP contribution in [-0.4, -0.2) is 29.4 Å². The van der Waals surface area contributed by atoms with Gasteiger partial charge in [0, 0.05) is 22.7 Å². The summed E-state index contributed by atoms with van der Waals surface area (Å²) in [6.07, 6.45) is 1.79. The lowest BCUT2D eigenvalue weighted by atomic mass is 10.2. The van der Waals surface area contributed by atoms with E-state index in [1.807, 2.05) is 19.9 Å². The lowest BCUT2D eigenvalue weighted by molar-refractivity contribution is -0.124. The van der Waals surface area contributed by atoms with Gasteiger partial charge in [-0.05, 0) is 31.5 Å². The molecule has 3 nitrogen and oxygen atoms in total. The number of rotatable bonds is 3. The van der Waals surface area contributed by atoms with Crippen molar-refractivity contribution < 1.29 is 4.79 Å². The van der Waals surface area contributed by atoms with Crippen LogP contribution in [0.5, 0.6) is 0 Å². The first-order valence-corrected chi connectivity index (χ1v) is 7.79. The molecular weight excluding hydrogens is 315 g/mol. The molecule has 0 saturated heterocycles. The van der Waals surface area contributed by atoms with Gasteiger partial charge in [-0.2, -0.15) is 5.10 Å². The van der Waals surface area contributed by atoms with Gasteiger partial charge in [0.05, 0.1) is 16.3 Å². The average Bonchev–Trinajstić information content (AvgIpc) is 2.67. The molecule has 0 atom stereocenters. The quantitative estimate of drug-likeness (QED) is 0.616. The fourth-order valence-corrected chi connectivity index (χ4v) is 3.37. The van der Waals surface area contributed by atoms with Crippen molar-refractivity contribution in [3.63, 3.8) is 0 Å². The molecule has 0 fully saturated rings. The summed E-state index contributed by atoms with van der Waals surface area (Å²) in [5.74, 6) is 0.526. The molecule has 1 amide bonds. The van der Waals surface area contributed by atoms with Crippen LogP contribution >= 0.6 is 35.0 Å². The van der Waals surface area contributed by atoms with Crippen LogP contribution in [0.15, 0.2) is 33.8 Å². The Labute approximate surface area is 132 Å². The first-order chi connectivity index (χ1) is 9.43. The molecule has 1 aliphatic heterocycles. The second-order valence-corrected chi connectivity index (χ2v) is 6.23. The summed E-state index contributed by atoms with van der Waals surface area (Å²) in [6, 6.07) is 3.69. The highest BCUT2D eigenvalue weighted by atomic mass is 35.5. The third-order valence-corrected chi connectivity index (χ3v) is 4.87. The molecule has 0 unspecified atom stereocenters. The summed E-state index contributed by atoms with van der Waals surface area (Å²) in [7, 11) is 1.66. The van der Waals surface area contributed by atoms with Crippen LogP contribution in [0.1, 0.15) is 12.5 Å². The van der Waals surface area contributed by atoms with Crippen LogP contribution < -0.4 is 0 Å². The number of amides is 1.